The van der Waals surface area contributed by atoms with Crippen molar-refractivity contribution in [3.8, 4) is 0 Å². The molecule has 108 valence electrons. The molecule has 20 heavy (non-hydrogen) atoms. The van der Waals surface area contributed by atoms with Crippen molar-refractivity contribution in [1.82, 2.24) is 5.32 Å². The van der Waals surface area contributed by atoms with Crippen LogP contribution in [0.15, 0.2) is 33.2 Å². The lowest BCUT2D eigenvalue weighted by atomic mass is 9.87. The van der Waals surface area contributed by atoms with E-state index in [0.717, 1.165) is 21.7 Å². The van der Waals surface area contributed by atoms with E-state index in [1.807, 2.05) is 12.1 Å². The van der Waals surface area contributed by atoms with E-state index in [-0.39, 0.29) is 6.04 Å². The van der Waals surface area contributed by atoms with Gasteiger partial charge in [0.2, 0.25) is 0 Å². The predicted molar refractivity (Wildman–Crippen MR) is 86.9 cm³/mol. The number of halogens is 1. The normalized spacial score (nSPS) is 24.9. The fourth-order valence-electron chi connectivity index (χ4n) is 3.27. The van der Waals surface area contributed by atoms with Gasteiger partial charge in [-0.1, -0.05) is 35.7 Å². The molecule has 2 aromatic rings. The third-order valence-electron chi connectivity index (χ3n) is 4.35. The summed E-state index contributed by atoms with van der Waals surface area (Å²) in [4.78, 5) is 0. The summed E-state index contributed by atoms with van der Waals surface area (Å²) in [5.41, 5.74) is 0.967. The third-order valence-corrected chi connectivity index (χ3v) is 4.84. The van der Waals surface area contributed by atoms with Gasteiger partial charge in [-0.25, -0.2) is 0 Å². The van der Waals surface area contributed by atoms with Gasteiger partial charge in [0.25, 0.3) is 0 Å². The van der Waals surface area contributed by atoms with E-state index in [0.29, 0.717) is 6.04 Å². The highest BCUT2D eigenvalue weighted by atomic mass is 79.9. The topological polar surface area (TPSA) is 25.2 Å². The first-order valence-electron chi connectivity index (χ1n) is 7.57. The van der Waals surface area contributed by atoms with Crippen LogP contribution < -0.4 is 5.32 Å². The molecule has 0 amide bonds. The van der Waals surface area contributed by atoms with Crippen LogP contribution in [-0.4, -0.2) is 6.04 Å². The van der Waals surface area contributed by atoms with Gasteiger partial charge in [-0.2, -0.15) is 0 Å². The average molecular weight is 336 g/mol. The lowest BCUT2D eigenvalue weighted by Gasteiger charge is -2.29. The molecule has 0 aliphatic heterocycles. The molecule has 0 saturated heterocycles. The summed E-state index contributed by atoms with van der Waals surface area (Å²) in [6.07, 6.45) is 5.31. The van der Waals surface area contributed by atoms with Gasteiger partial charge >= 0.3 is 0 Å². The van der Waals surface area contributed by atoms with Crippen molar-refractivity contribution in [2.24, 2.45) is 5.92 Å². The highest BCUT2D eigenvalue weighted by Gasteiger charge is 2.21. The largest absolute Gasteiger partial charge is 0.459 e. The third kappa shape index (κ3) is 3.09. The maximum absolute atomic E-state index is 5.97. The minimum absolute atomic E-state index is 0.275. The van der Waals surface area contributed by atoms with Crippen molar-refractivity contribution < 1.29 is 4.42 Å². The Morgan fingerprint density at radius 1 is 1.30 bits per heavy atom. The van der Waals surface area contributed by atoms with Gasteiger partial charge in [-0.3, -0.25) is 0 Å². The molecule has 3 unspecified atom stereocenters. The summed E-state index contributed by atoms with van der Waals surface area (Å²) >= 11 is 3.51. The van der Waals surface area contributed by atoms with Crippen LogP contribution in [0.25, 0.3) is 11.0 Å². The fourth-order valence-corrected chi connectivity index (χ4v) is 3.65. The maximum atomic E-state index is 5.97. The Morgan fingerprint density at radius 2 is 2.15 bits per heavy atom. The molecule has 1 N–H and O–H groups in total. The first-order chi connectivity index (χ1) is 9.61. The van der Waals surface area contributed by atoms with Gasteiger partial charge in [-0.05, 0) is 49.9 Å². The van der Waals surface area contributed by atoms with Gasteiger partial charge < -0.3 is 9.73 Å². The van der Waals surface area contributed by atoms with Crippen LogP contribution in [0.3, 0.4) is 0 Å². The SMILES string of the molecule is CC1CCCC(NC(C)c2cc3cc(Br)ccc3o2)C1. The number of furan rings is 1. The Morgan fingerprint density at radius 3 is 2.95 bits per heavy atom. The summed E-state index contributed by atoms with van der Waals surface area (Å²) < 4.78 is 7.07. The maximum Gasteiger partial charge on any atom is 0.134 e. The molecular weight excluding hydrogens is 314 g/mol. The van der Waals surface area contributed by atoms with Crippen molar-refractivity contribution in [3.05, 3.63) is 34.5 Å². The fraction of sp³-hybridized carbons (Fsp3) is 0.529. The van der Waals surface area contributed by atoms with Crippen molar-refractivity contribution in [2.75, 3.05) is 0 Å². The molecule has 2 nitrogen and oxygen atoms in total. The molecule has 1 aliphatic rings. The van der Waals surface area contributed by atoms with E-state index in [2.05, 4.69) is 47.2 Å². The van der Waals surface area contributed by atoms with Crippen LogP contribution >= 0.6 is 15.9 Å². The zero-order valence-electron chi connectivity index (χ0n) is 12.2. The van der Waals surface area contributed by atoms with E-state index >= 15 is 0 Å². The molecule has 3 atom stereocenters. The lowest BCUT2D eigenvalue weighted by Crippen LogP contribution is -2.35. The van der Waals surface area contributed by atoms with Crippen LogP contribution in [0.2, 0.25) is 0 Å². The van der Waals surface area contributed by atoms with Gasteiger partial charge in [-0.15, -0.1) is 0 Å². The second-order valence-corrected chi connectivity index (χ2v) is 7.10. The molecule has 1 aromatic heterocycles. The number of hydrogen-bond donors (Lipinski definition) is 1. The number of benzene rings is 1. The summed E-state index contributed by atoms with van der Waals surface area (Å²) in [7, 11) is 0. The number of fused-ring (bicyclic) bond motifs is 1. The molecule has 1 aromatic carbocycles. The van der Waals surface area contributed by atoms with Crippen molar-refractivity contribution in [3.63, 3.8) is 0 Å². The van der Waals surface area contributed by atoms with Crippen LogP contribution in [0.4, 0.5) is 0 Å². The Kier molecular flexibility index (Phi) is 4.18. The second kappa shape index (κ2) is 5.90. The molecule has 1 aliphatic carbocycles. The van der Waals surface area contributed by atoms with Crippen molar-refractivity contribution >= 4 is 26.9 Å². The highest BCUT2D eigenvalue weighted by molar-refractivity contribution is 9.10. The molecule has 0 spiro atoms. The van der Waals surface area contributed by atoms with E-state index in [4.69, 9.17) is 4.42 Å². The van der Waals surface area contributed by atoms with E-state index < -0.39 is 0 Å². The minimum atomic E-state index is 0.275. The van der Waals surface area contributed by atoms with Crippen LogP contribution in [0, 0.1) is 5.92 Å². The van der Waals surface area contributed by atoms with Crippen LogP contribution in [0.1, 0.15) is 51.3 Å². The second-order valence-electron chi connectivity index (χ2n) is 6.19. The zero-order chi connectivity index (χ0) is 14.1. The van der Waals surface area contributed by atoms with Crippen LogP contribution in [-0.2, 0) is 0 Å². The zero-order valence-corrected chi connectivity index (χ0v) is 13.7. The molecule has 1 fully saturated rings. The predicted octanol–water partition coefficient (Wildman–Crippen LogP) is 5.42. The van der Waals surface area contributed by atoms with Crippen LogP contribution in [0.5, 0.6) is 0 Å². The standard InChI is InChI=1S/C17H22BrNO/c1-11-4-3-5-15(8-11)19-12(2)17-10-13-9-14(18)6-7-16(13)20-17/h6-7,9-12,15,19H,3-5,8H2,1-2H3. The molecule has 3 heteroatoms. The molecule has 3 rings (SSSR count). The van der Waals surface area contributed by atoms with Gasteiger partial charge in [0.15, 0.2) is 0 Å². The van der Waals surface area contributed by atoms with Gasteiger partial charge in [0.05, 0.1) is 6.04 Å². The van der Waals surface area contributed by atoms with E-state index in [1.165, 1.54) is 31.1 Å². The molecule has 1 saturated carbocycles. The van der Waals surface area contributed by atoms with Crippen molar-refractivity contribution in [1.29, 1.82) is 0 Å². The number of rotatable bonds is 3. The summed E-state index contributed by atoms with van der Waals surface area (Å²) in [5, 5.41) is 4.90. The summed E-state index contributed by atoms with van der Waals surface area (Å²) in [6.45, 7) is 4.56. The summed E-state index contributed by atoms with van der Waals surface area (Å²) in [5.74, 6) is 1.89. The van der Waals surface area contributed by atoms with Gasteiger partial charge in [0.1, 0.15) is 11.3 Å². The first kappa shape index (κ1) is 14.2. The molecule has 1 heterocycles. The highest BCUT2D eigenvalue weighted by Crippen LogP contribution is 2.29. The lowest BCUT2D eigenvalue weighted by molar-refractivity contribution is 0.276. The van der Waals surface area contributed by atoms with E-state index in [1.54, 1.807) is 0 Å². The Hall–Kier alpha value is -0.800. The van der Waals surface area contributed by atoms with Gasteiger partial charge in [0, 0.05) is 15.9 Å². The Bertz CT molecular complexity index is 592. The molecule has 0 radical (unpaired) electrons. The number of nitrogens with one attached hydrogen (secondary N) is 1. The van der Waals surface area contributed by atoms with Crippen molar-refractivity contribution in [2.45, 2.75) is 51.6 Å². The average Bonchev–Trinajstić information content (AvgIpc) is 2.81. The quantitative estimate of drug-likeness (QED) is 0.809. The summed E-state index contributed by atoms with van der Waals surface area (Å²) in [6, 6.07) is 9.22. The first-order valence-corrected chi connectivity index (χ1v) is 8.36. The monoisotopic (exact) mass is 335 g/mol. The molecule has 0 bridgehead atoms. The number of hydrogen-bond acceptors (Lipinski definition) is 2. The Labute approximate surface area is 129 Å². The molecular formula is C17H22BrNO. The minimum Gasteiger partial charge on any atom is -0.459 e. The van der Waals surface area contributed by atoms with E-state index in [9.17, 15) is 0 Å². The Balaban J connectivity index is 1.73. The smallest absolute Gasteiger partial charge is 0.134 e.